The van der Waals surface area contributed by atoms with Crippen LogP contribution in [-0.2, 0) is 14.0 Å². The first-order chi connectivity index (χ1) is 11.1. The minimum atomic E-state index is -2.64. The second kappa shape index (κ2) is 7.90. The predicted molar refractivity (Wildman–Crippen MR) is 95.3 cm³/mol. The van der Waals surface area contributed by atoms with E-state index in [2.05, 4.69) is 6.58 Å². The Bertz CT molecular complexity index is 613. The lowest BCUT2D eigenvalue weighted by Gasteiger charge is -2.31. The molecule has 0 fully saturated rings. The SMILES string of the molecule is C=C(C)C(=O)OC[Si](OCC)(c1ccccc1)c1ccccc1. The fourth-order valence-corrected chi connectivity index (χ4v) is 5.87. The highest BCUT2D eigenvalue weighted by Gasteiger charge is 2.41. The first kappa shape index (κ1) is 17.2. The lowest BCUT2D eigenvalue weighted by Crippen LogP contribution is -2.64. The van der Waals surface area contributed by atoms with Crippen LogP contribution in [0.25, 0.3) is 0 Å². The van der Waals surface area contributed by atoms with Gasteiger partial charge in [-0.1, -0.05) is 67.2 Å². The molecule has 0 amide bonds. The molecular formula is C19H22O3Si. The zero-order valence-corrected chi connectivity index (χ0v) is 14.6. The second-order valence-corrected chi connectivity index (χ2v) is 8.73. The molecular weight excluding hydrogens is 304 g/mol. The van der Waals surface area contributed by atoms with Crippen molar-refractivity contribution in [2.45, 2.75) is 13.8 Å². The lowest BCUT2D eigenvalue weighted by atomic mass is 10.4. The fourth-order valence-electron chi connectivity index (χ4n) is 2.49. The zero-order valence-electron chi connectivity index (χ0n) is 13.6. The van der Waals surface area contributed by atoms with Crippen LogP contribution >= 0.6 is 0 Å². The number of rotatable bonds is 7. The fraction of sp³-hybridized carbons (Fsp3) is 0.211. The molecule has 0 spiro atoms. The molecule has 0 saturated heterocycles. The first-order valence-electron chi connectivity index (χ1n) is 7.68. The Morgan fingerprint density at radius 3 is 1.87 bits per heavy atom. The highest BCUT2D eigenvalue weighted by Crippen LogP contribution is 2.10. The average molecular weight is 326 g/mol. The van der Waals surface area contributed by atoms with Crippen molar-refractivity contribution >= 4 is 24.7 Å². The van der Waals surface area contributed by atoms with E-state index in [1.807, 2.05) is 67.6 Å². The number of carbonyl (C=O) groups is 1. The van der Waals surface area contributed by atoms with Gasteiger partial charge in [0.1, 0.15) is 6.23 Å². The molecule has 0 heterocycles. The monoisotopic (exact) mass is 326 g/mol. The Hall–Kier alpha value is -2.17. The summed E-state index contributed by atoms with van der Waals surface area (Å²) in [7, 11) is -2.64. The number of hydrogen-bond acceptors (Lipinski definition) is 3. The van der Waals surface area contributed by atoms with Gasteiger partial charge < -0.3 is 9.16 Å². The van der Waals surface area contributed by atoms with E-state index in [4.69, 9.17) is 9.16 Å². The Morgan fingerprint density at radius 2 is 1.48 bits per heavy atom. The van der Waals surface area contributed by atoms with Gasteiger partial charge in [0.25, 0.3) is 8.32 Å². The average Bonchev–Trinajstić information content (AvgIpc) is 2.59. The van der Waals surface area contributed by atoms with Gasteiger partial charge in [-0.2, -0.15) is 0 Å². The van der Waals surface area contributed by atoms with E-state index >= 15 is 0 Å². The van der Waals surface area contributed by atoms with Crippen molar-refractivity contribution in [3.05, 3.63) is 72.8 Å². The van der Waals surface area contributed by atoms with Gasteiger partial charge in [-0.25, -0.2) is 4.79 Å². The van der Waals surface area contributed by atoms with Crippen LogP contribution in [0.5, 0.6) is 0 Å². The van der Waals surface area contributed by atoms with Crippen LogP contribution in [0.15, 0.2) is 72.8 Å². The van der Waals surface area contributed by atoms with E-state index in [0.717, 1.165) is 10.4 Å². The molecule has 2 aromatic rings. The maximum absolute atomic E-state index is 11.9. The highest BCUT2D eigenvalue weighted by molar-refractivity contribution is 6.97. The zero-order chi connectivity index (χ0) is 16.7. The van der Waals surface area contributed by atoms with E-state index in [1.54, 1.807) is 6.92 Å². The maximum atomic E-state index is 11.9. The third kappa shape index (κ3) is 3.97. The van der Waals surface area contributed by atoms with Crippen LogP contribution in [0.1, 0.15) is 13.8 Å². The number of carbonyl (C=O) groups excluding carboxylic acids is 1. The quantitative estimate of drug-likeness (QED) is 0.445. The molecule has 0 N–H and O–H groups in total. The summed E-state index contributed by atoms with van der Waals surface area (Å²) in [5.74, 6) is -0.381. The van der Waals surface area contributed by atoms with Gasteiger partial charge in [-0.05, 0) is 24.2 Å². The maximum Gasteiger partial charge on any atom is 0.332 e. The third-order valence-corrected chi connectivity index (χ3v) is 7.49. The van der Waals surface area contributed by atoms with Gasteiger partial charge in [0.2, 0.25) is 0 Å². The summed E-state index contributed by atoms with van der Waals surface area (Å²) in [6, 6.07) is 20.1. The summed E-state index contributed by atoms with van der Waals surface area (Å²) in [4.78, 5) is 11.9. The summed E-state index contributed by atoms with van der Waals surface area (Å²) in [5.41, 5.74) is 0.394. The van der Waals surface area contributed by atoms with Crippen LogP contribution in [0.3, 0.4) is 0 Å². The molecule has 0 aromatic heterocycles. The minimum absolute atomic E-state index is 0.237. The Labute approximate surface area is 138 Å². The van der Waals surface area contributed by atoms with E-state index < -0.39 is 8.32 Å². The van der Waals surface area contributed by atoms with Crippen LogP contribution in [-0.4, -0.2) is 27.1 Å². The predicted octanol–water partition coefficient (Wildman–Crippen LogP) is 2.44. The van der Waals surface area contributed by atoms with Crippen LogP contribution in [0, 0.1) is 0 Å². The second-order valence-electron chi connectivity index (χ2n) is 5.35. The van der Waals surface area contributed by atoms with Crippen molar-refractivity contribution in [1.82, 2.24) is 0 Å². The molecule has 0 atom stereocenters. The van der Waals surface area contributed by atoms with Crippen molar-refractivity contribution in [2.24, 2.45) is 0 Å². The number of ether oxygens (including phenoxy) is 1. The Kier molecular flexibility index (Phi) is 5.90. The number of esters is 1. The van der Waals surface area contributed by atoms with Crippen molar-refractivity contribution < 1.29 is 14.0 Å². The highest BCUT2D eigenvalue weighted by atomic mass is 28.4. The standard InChI is InChI=1S/C19H22O3Si/c1-4-22-23(15-21-19(20)16(2)3,17-11-7-5-8-12-17)18-13-9-6-10-14-18/h5-14H,2,4,15H2,1,3H3. The van der Waals surface area contributed by atoms with Crippen molar-refractivity contribution in [2.75, 3.05) is 12.8 Å². The molecule has 0 aliphatic rings. The van der Waals surface area contributed by atoms with Crippen molar-refractivity contribution in [3.63, 3.8) is 0 Å². The molecule has 2 aromatic carbocycles. The molecule has 0 saturated carbocycles. The summed E-state index contributed by atoms with van der Waals surface area (Å²) in [6.07, 6.45) is 0.237. The Balaban J connectivity index is 2.47. The van der Waals surface area contributed by atoms with Gasteiger partial charge in [-0.15, -0.1) is 0 Å². The number of benzene rings is 2. The van der Waals surface area contributed by atoms with Gasteiger partial charge in [0, 0.05) is 12.2 Å². The first-order valence-corrected chi connectivity index (χ1v) is 9.79. The van der Waals surface area contributed by atoms with E-state index in [1.165, 1.54) is 0 Å². The molecule has 2 rings (SSSR count). The summed E-state index contributed by atoms with van der Waals surface area (Å²) in [6.45, 7) is 7.82. The summed E-state index contributed by atoms with van der Waals surface area (Å²) in [5, 5.41) is 2.17. The molecule has 0 radical (unpaired) electrons. The molecule has 0 aliphatic carbocycles. The van der Waals surface area contributed by atoms with Crippen LogP contribution in [0.2, 0.25) is 0 Å². The van der Waals surface area contributed by atoms with Gasteiger partial charge >= 0.3 is 5.97 Å². The largest absolute Gasteiger partial charge is 0.462 e. The normalized spacial score (nSPS) is 11.0. The van der Waals surface area contributed by atoms with E-state index in [-0.39, 0.29) is 12.2 Å². The van der Waals surface area contributed by atoms with Crippen LogP contribution < -0.4 is 10.4 Å². The topological polar surface area (TPSA) is 35.5 Å². The van der Waals surface area contributed by atoms with E-state index in [0.29, 0.717) is 12.2 Å². The molecule has 0 bridgehead atoms. The van der Waals surface area contributed by atoms with Gasteiger partial charge in [0.05, 0.1) is 0 Å². The molecule has 0 aliphatic heterocycles. The third-order valence-electron chi connectivity index (χ3n) is 3.63. The minimum Gasteiger partial charge on any atom is -0.462 e. The van der Waals surface area contributed by atoms with Gasteiger partial charge in [-0.3, -0.25) is 0 Å². The molecule has 120 valence electrons. The summed E-state index contributed by atoms with van der Waals surface area (Å²) < 4.78 is 11.8. The van der Waals surface area contributed by atoms with E-state index in [9.17, 15) is 4.79 Å². The van der Waals surface area contributed by atoms with Crippen LogP contribution in [0.4, 0.5) is 0 Å². The molecule has 0 unspecified atom stereocenters. The van der Waals surface area contributed by atoms with Crippen molar-refractivity contribution in [1.29, 1.82) is 0 Å². The van der Waals surface area contributed by atoms with Gasteiger partial charge in [0.15, 0.2) is 0 Å². The number of hydrogen-bond donors (Lipinski definition) is 0. The Morgan fingerprint density at radius 1 is 1.00 bits per heavy atom. The molecule has 3 nitrogen and oxygen atoms in total. The summed E-state index contributed by atoms with van der Waals surface area (Å²) >= 11 is 0. The molecule has 23 heavy (non-hydrogen) atoms. The lowest BCUT2D eigenvalue weighted by molar-refractivity contribution is -0.137. The smallest absolute Gasteiger partial charge is 0.332 e. The van der Waals surface area contributed by atoms with Crippen molar-refractivity contribution in [3.8, 4) is 0 Å². The molecule has 4 heteroatoms.